The van der Waals surface area contributed by atoms with Crippen LogP contribution in [0.15, 0.2) is 12.2 Å². The molecule has 0 unspecified atom stereocenters. The van der Waals surface area contributed by atoms with Crippen molar-refractivity contribution in [3.8, 4) is 0 Å². The summed E-state index contributed by atoms with van der Waals surface area (Å²) in [5, 5.41) is 0. The fourth-order valence-electron chi connectivity index (χ4n) is 2.01. The van der Waals surface area contributed by atoms with E-state index in [1.54, 1.807) is 0 Å². The van der Waals surface area contributed by atoms with Gasteiger partial charge in [0.05, 0.1) is 6.61 Å². The van der Waals surface area contributed by atoms with Gasteiger partial charge in [-0.25, -0.2) is 0 Å². The Morgan fingerprint density at radius 2 is 1.47 bits per heavy atom. The maximum atomic E-state index is 10.5. The van der Waals surface area contributed by atoms with Crippen LogP contribution < -0.4 is 0 Å². The van der Waals surface area contributed by atoms with Gasteiger partial charge >= 0.3 is 5.97 Å². The topological polar surface area (TPSA) is 26.3 Å². The first-order chi connectivity index (χ1) is 9.13. The molecule has 19 heavy (non-hydrogen) atoms. The molecule has 0 rings (SSSR count). The highest BCUT2D eigenvalue weighted by atomic mass is 16.5. The Morgan fingerprint density at radius 3 is 2.00 bits per heavy atom. The van der Waals surface area contributed by atoms with Gasteiger partial charge in [0.2, 0.25) is 0 Å². The molecule has 2 heteroatoms. The summed E-state index contributed by atoms with van der Waals surface area (Å²) in [5.41, 5.74) is 0. The average molecular weight is 268 g/mol. The van der Waals surface area contributed by atoms with Crippen LogP contribution in [-0.4, -0.2) is 12.6 Å². The second-order valence-corrected chi connectivity index (χ2v) is 5.63. The Balaban J connectivity index is 3.05. The monoisotopic (exact) mass is 268 g/mol. The number of hydrogen-bond acceptors (Lipinski definition) is 2. The van der Waals surface area contributed by atoms with E-state index in [2.05, 4.69) is 26.0 Å². The zero-order chi connectivity index (χ0) is 14.3. The van der Waals surface area contributed by atoms with Gasteiger partial charge in [-0.3, -0.25) is 4.79 Å². The van der Waals surface area contributed by atoms with Crippen LogP contribution in [0.4, 0.5) is 0 Å². The van der Waals surface area contributed by atoms with Crippen molar-refractivity contribution in [2.75, 3.05) is 6.61 Å². The molecule has 0 aromatic rings. The van der Waals surface area contributed by atoms with Gasteiger partial charge < -0.3 is 4.74 Å². The second kappa shape index (κ2) is 13.6. The number of allylic oxidation sites excluding steroid dienone is 2. The highest BCUT2D eigenvalue weighted by molar-refractivity contribution is 5.65. The first kappa shape index (κ1) is 18.2. The molecule has 0 fully saturated rings. The summed E-state index contributed by atoms with van der Waals surface area (Å²) < 4.78 is 4.90. The summed E-state index contributed by atoms with van der Waals surface area (Å²) in [4.78, 5) is 10.5. The number of rotatable bonds is 12. The molecule has 0 heterocycles. The number of hydrogen-bond donors (Lipinski definition) is 0. The molecule has 0 bridgehead atoms. The zero-order valence-electron chi connectivity index (χ0n) is 13.1. The lowest BCUT2D eigenvalue weighted by atomic mass is 10.1. The van der Waals surface area contributed by atoms with Gasteiger partial charge in [-0.1, -0.05) is 64.5 Å². The highest BCUT2D eigenvalue weighted by Crippen LogP contribution is 2.10. The molecule has 0 spiro atoms. The van der Waals surface area contributed by atoms with Crippen molar-refractivity contribution in [2.24, 2.45) is 5.92 Å². The molecule has 0 amide bonds. The van der Waals surface area contributed by atoms with Crippen LogP contribution in [-0.2, 0) is 9.53 Å². The van der Waals surface area contributed by atoms with Crippen molar-refractivity contribution in [3.05, 3.63) is 12.2 Å². The number of carbonyl (C=O) groups excluding carboxylic acids is 1. The maximum absolute atomic E-state index is 10.5. The number of esters is 1. The van der Waals surface area contributed by atoms with Crippen LogP contribution in [0, 0.1) is 5.92 Å². The van der Waals surface area contributed by atoms with Gasteiger partial charge in [-0.05, 0) is 25.2 Å². The number of carbonyl (C=O) groups is 1. The van der Waals surface area contributed by atoms with Gasteiger partial charge in [0.1, 0.15) is 0 Å². The van der Waals surface area contributed by atoms with Gasteiger partial charge in [-0.15, -0.1) is 0 Å². The summed E-state index contributed by atoms with van der Waals surface area (Å²) >= 11 is 0. The predicted octanol–water partition coefficient (Wildman–Crippen LogP) is 5.27. The molecule has 2 nitrogen and oxygen atoms in total. The Kier molecular flexibility index (Phi) is 13.1. The normalized spacial score (nSPS) is 11.4. The van der Waals surface area contributed by atoms with Gasteiger partial charge in [-0.2, -0.15) is 0 Å². The zero-order valence-corrected chi connectivity index (χ0v) is 13.1. The molecule has 0 aromatic heterocycles. The SMILES string of the molecule is CC(=O)OCCCCCCCCCC/C=C/C(C)C. The summed E-state index contributed by atoms with van der Waals surface area (Å²) in [7, 11) is 0. The number of ether oxygens (including phenoxy) is 1. The van der Waals surface area contributed by atoms with Crippen LogP contribution in [0.3, 0.4) is 0 Å². The van der Waals surface area contributed by atoms with Crippen molar-refractivity contribution in [1.29, 1.82) is 0 Å². The van der Waals surface area contributed by atoms with Crippen LogP contribution in [0.1, 0.15) is 78.6 Å². The van der Waals surface area contributed by atoms with E-state index >= 15 is 0 Å². The largest absolute Gasteiger partial charge is 0.466 e. The van der Waals surface area contributed by atoms with E-state index in [9.17, 15) is 4.79 Å². The molecular formula is C17H32O2. The Bertz CT molecular complexity index is 231. The third-order valence-electron chi connectivity index (χ3n) is 3.09. The van der Waals surface area contributed by atoms with Crippen LogP contribution in [0.5, 0.6) is 0 Å². The smallest absolute Gasteiger partial charge is 0.302 e. The fraction of sp³-hybridized carbons (Fsp3) is 0.824. The van der Waals surface area contributed by atoms with Gasteiger partial charge in [0.25, 0.3) is 0 Å². The first-order valence-electron chi connectivity index (χ1n) is 7.93. The molecule has 0 atom stereocenters. The first-order valence-corrected chi connectivity index (χ1v) is 7.93. The Morgan fingerprint density at radius 1 is 0.947 bits per heavy atom. The quantitative estimate of drug-likeness (QED) is 0.274. The van der Waals surface area contributed by atoms with Crippen LogP contribution in [0.25, 0.3) is 0 Å². The molecule has 112 valence electrons. The minimum atomic E-state index is -0.161. The third-order valence-corrected chi connectivity index (χ3v) is 3.09. The van der Waals surface area contributed by atoms with Crippen molar-refractivity contribution >= 4 is 5.97 Å². The van der Waals surface area contributed by atoms with E-state index in [1.807, 2.05) is 0 Å². The van der Waals surface area contributed by atoms with E-state index < -0.39 is 0 Å². The Hall–Kier alpha value is -0.790. The molecule has 0 aliphatic carbocycles. The molecule has 0 aromatic carbocycles. The van der Waals surface area contributed by atoms with E-state index in [1.165, 1.54) is 58.3 Å². The lowest BCUT2D eigenvalue weighted by Gasteiger charge is -2.02. The lowest BCUT2D eigenvalue weighted by molar-refractivity contribution is -0.141. The minimum absolute atomic E-state index is 0.161. The Labute approximate surface area is 119 Å². The highest BCUT2D eigenvalue weighted by Gasteiger charge is 1.94. The predicted molar refractivity (Wildman–Crippen MR) is 82.2 cm³/mol. The summed E-state index contributed by atoms with van der Waals surface area (Å²) in [6.07, 6.45) is 16.0. The van der Waals surface area contributed by atoms with Gasteiger partial charge in [0.15, 0.2) is 0 Å². The fourth-order valence-corrected chi connectivity index (χ4v) is 2.01. The molecule has 0 saturated heterocycles. The van der Waals surface area contributed by atoms with E-state index in [0.717, 1.165) is 6.42 Å². The molecule has 0 N–H and O–H groups in total. The molecular weight excluding hydrogens is 236 g/mol. The summed E-state index contributed by atoms with van der Waals surface area (Å²) in [5.74, 6) is 0.526. The van der Waals surface area contributed by atoms with Crippen molar-refractivity contribution in [3.63, 3.8) is 0 Å². The van der Waals surface area contributed by atoms with Gasteiger partial charge in [0, 0.05) is 6.92 Å². The van der Waals surface area contributed by atoms with Crippen molar-refractivity contribution < 1.29 is 9.53 Å². The summed E-state index contributed by atoms with van der Waals surface area (Å²) in [6.45, 7) is 6.50. The standard InChI is InChI=1S/C17H32O2/c1-16(2)14-12-10-8-6-4-5-7-9-11-13-15-19-17(3)18/h12,14,16H,4-11,13,15H2,1-3H3/b14-12+. The van der Waals surface area contributed by atoms with Crippen molar-refractivity contribution in [1.82, 2.24) is 0 Å². The average Bonchev–Trinajstić information content (AvgIpc) is 2.34. The minimum Gasteiger partial charge on any atom is -0.466 e. The third kappa shape index (κ3) is 17.2. The maximum Gasteiger partial charge on any atom is 0.302 e. The summed E-state index contributed by atoms with van der Waals surface area (Å²) in [6, 6.07) is 0. The molecule has 0 aliphatic heterocycles. The number of unbranched alkanes of at least 4 members (excludes halogenated alkanes) is 8. The lowest BCUT2D eigenvalue weighted by Crippen LogP contribution is -2.00. The van der Waals surface area contributed by atoms with E-state index in [0.29, 0.717) is 12.5 Å². The second-order valence-electron chi connectivity index (χ2n) is 5.63. The molecule has 0 aliphatic rings. The van der Waals surface area contributed by atoms with E-state index in [-0.39, 0.29) is 5.97 Å². The van der Waals surface area contributed by atoms with Crippen molar-refractivity contribution in [2.45, 2.75) is 78.6 Å². The molecule has 0 saturated carbocycles. The van der Waals surface area contributed by atoms with E-state index in [4.69, 9.17) is 4.74 Å². The molecule has 0 radical (unpaired) electrons. The van der Waals surface area contributed by atoms with Crippen LogP contribution >= 0.6 is 0 Å². The van der Waals surface area contributed by atoms with Crippen LogP contribution in [0.2, 0.25) is 0 Å².